The predicted molar refractivity (Wildman–Crippen MR) is 76.4 cm³/mol. The zero-order chi connectivity index (χ0) is 14.8. The third kappa shape index (κ3) is 3.10. The average molecular weight is 280 g/mol. The summed E-state index contributed by atoms with van der Waals surface area (Å²) in [6, 6.07) is 4.15. The van der Waals surface area contributed by atoms with E-state index in [4.69, 9.17) is 4.74 Å². The van der Waals surface area contributed by atoms with Crippen molar-refractivity contribution in [1.29, 1.82) is 0 Å². The van der Waals surface area contributed by atoms with Crippen LogP contribution in [0.2, 0.25) is 0 Å². The van der Waals surface area contributed by atoms with Gasteiger partial charge in [0.25, 0.3) is 0 Å². The third-order valence-corrected chi connectivity index (χ3v) is 3.81. The molecule has 1 saturated heterocycles. The van der Waals surface area contributed by atoms with Crippen LogP contribution in [0.15, 0.2) is 18.2 Å². The Kier molecular flexibility index (Phi) is 4.28. The van der Waals surface area contributed by atoms with Crippen molar-refractivity contribution < 1.29 is 13.9 Å². The van der Waals surface area contributed by atoms with Gasteiger partial charge in [0.2, 0.25) is 5.91 Å². The quantitative estimate of drug-likeness (QED) is 0.894. The van der Waals surface area contributed by atoms with Crippen LogP contribution < -0.4 is 15.4 Å². The summed E-state index contributed by atoms with van der Waals surface area (Å²) in [6.45, 7) is 4.97. The summed E-state index contributed by atoms with van der Waals surface area (Å²) < 4.78 is 18.5. The van der Waals surface area contributed by atoms with E-state index in [1.54, 1.807) is 6.07 Å². The number of hydrogen-bond donors (Lipinski definition) is 2. The minimum atomic E-state index is -0.485. The minimum absolute atomic E-state index is 0.104. The molecule has 1 atom stereocenters. The highest BCUT2D eigenvalue weighted by Gasteiger charge is 2.37. The average Bonchev–Trinajstić information content (AvgIpc) is 2.38. The molecule has 0 spiro atoms. The fourth-order valence-corrected chi connectivity index (χ4v) is 2.62. The van der Waals surface area contributed by atoms with Crippen LogP contribution in [0.4, 0.5) is 10.1 Å². The maximum atomic E-state index is 13.6. The molecule has 0 aromatic heterocycles. The van der Waals surface area contributed by atoms with Gasteiger partial charge in [0.15, 0.2) is 11.6 Å². The lowest BCUT2D eigenvalue weighted by atomic mass is 9.77. The number of rotatable bonds is 3. The van der Waals surface area contributed by atoms with Crippen LogP contribution in [-0.4, -0.2) is 25.6 Å². The molecule has 1 aromatic carbocycles. The van der Waals surface area contributed by atoms with Gasteiger partial charge in [0.1, 0.15) is 0 Å². The summed E-state index contributed by atoms with van der Waals surface area (Å²) in [5.41, 5.74) is 0.337. The molecule has 0 saturated carbocycles. The lowest BCUT2D eigenvalue weighted by Crippen LogP contribution is -2.53. The summed E-state index contributed by atoms with van der Waals surface area (Å²) in [7, 11) is 1.41. The van der Waals surface area contributed by atoms with E-state index < -0.39 is 5.82 Å². The first-order valence-corrected chi connectivity index (χ1v) is 6.82. The van der Waals surface area contributed by atoms with E-state index in [9.17, 15) is 9.18 Å². The number of hydrogen-bond acceptors (Lipinski definition) is 3. The third-order valence-electron chi connectivity index (χ3n) is 3.81. The van der Waals surface area contributed by atoms with E-state index in [0.29, 0.717) is 5.69 Å². The van der Waals surface area contributed by atoms with E-state index in [1.807, 2.05) is 0 Å². The van der Waals surface area contributed by atoms with Gasteiger partial charge in [0, 0.05) is 11.8 Å². The van der Waals surface area contributed by atoms with Crippen molar-refractivity contribution in [3.05, 3.63) is 24.0 Å². The molecule has 2 N–H and O–H groups in total. The molecule has 1 aromatic rings. The molecule has 1 aliphatic heterocycles. The van der Waals surface area contributed by atoms with Crippen LogP contribution in [0, 0.1) is 11.2 Å². The van der Waals surface area contributed by atoms with Crippen molar-refractivity contribution in [2.45, 2.75) is 32.7 Å². The van der Waals surface area contributed by atoms with Crippen molar-refractivity contribution in [1.82, 2.24) is 5.32 Å². The minimum Gasteiger partial charge on any atom is -0.494 e. The Morgan fingerprint density at radius 1 is 1.50 bits per heavy atom. The van der Waals surface area contributed by atoms with Gasteiger partial charge in [-0.3, -0.25) is 4.79 Å². The van der Waals surface area contributed by atoms with Crippen LogP contribution in [0.1, 0.15) is 26.7 Å². The molecule has 0 aliphatic carbocycles. The summed E-state index contributed by atoms with van der Waals surface area (Å²) >= 11 is 0. The van der Waals surface area contributed by atoms with Gasteiger partial charge >= 0.3 is 0 Å². The van der Waals surface area contributed by atoms with E-state index in [0.717, 1.165) is 19.4 Å². The number of ether oxygens (including phenoxy) is 1. The number of carbonyl (C=O) groups is 1. The van der Waals surface area contributed by atoms with Crippen molar-refractivity contribution in [2.24, 2.45) is 5.41 Å². The van der Waals surface area contributed by atoms with E-state index >= 15 is 0 Å². The lowest BCUT2D eigenvalue weighted by Gasteiger charge is -2.38. The molecule has 1 unspecified atom stereocenters. The smallest absolute Gasteiger partial charge is 0.242 e. The van der Waals surface area contributed by atoms with Gasteiger partial charge in [-0.1, -0.05) is 13.8 Å². The monoisotopic (exact) mass is 280 g/mol. The molecule has 110 valence electrons. The molecule has 1 amide bonds. The number of carbonyl (C=O) groups excluding carboxylic acids is 1. The second kappa shape index (κ2) is 5.79. The number of piperidine rings is 1. The van der Waals surface area contributed by atoms with Gasteiger partial charge < -0.3 is 15.4 Å². The van der Waals surface area contributed by atoms with E-state index in [1.165, 1.54) is 19.2 Å². The van der Waals surface area contributed by atoms with Gasteiger partial charge in [-0.15, -0.1) is 0 Å². The van der Waals surface area contributed by atoms with Crippen LogP contribution >= 0.6 is 0 Å². The molecule has 2 rings (SSSR count). The van der Waals surface area contributed by atoms with Gasteiger partial charge in [0.05, 0.1) is 13.2 Å². The highest BCUT2D eigenvalue weighted by atomic mass is 19.1. The van der Waals surface area contributed by atoms with Crippen molar-refractivity contribution in [2.75, 3.05) is 19.0 Å². The number of nitrogens with one attached hydrogen (secondary N) is 2. The molecule has 4 nitrogen and oxygen atoms in total. The second-order valence-corrected chi connectivity index (χ2v) is 5.82. The Balaban J connectivity index is 2.09. The van der Waals surface area contributed by atoms with Crippen LogP contribution in [0.25, 0.3) is 0 Å². The number of anilines is 1. The second-order valence-electron chi connectivity index (χ2n) is 5.82. The molecule has 1 heterocycles. The summed E-state index contributed by atoms with van der Waals surface area (Å²) in [4.78, 5) is 12.3. The number of amides is 1. The fraction of sp³-hybridized carbons (Fsp3) is 0.533. The fourth-order valence-electron chi connectivity index (χ4n) is 2.62. The van der Waals surface area contributed by atoms with Crippen LogP contribution in [0.3, 0.4) is 0 Å². The molecule has 20 heavy (non-hydrogen) atoms. The largest absolute Gasteiger partial charge is 0.494 e. The molecule has 0 radical (unpaired) electrons. The Morgan fingerprint density at radius 3 is 2.85 bits per heavy atom. The Hall–Kier alpha value is -1.62. The predicted octanol–water partition coefficient (Wildman–Crippen LogP) is 2.55. The number of methoxy groups -OCH3 is 1. The molecule has 1 fully saturated rings. The number of benzene rings is 1. The SMILES string of the molecule is COc1ccc(NC(=O)C2NCCCC2(C)C)cc1F. The molecule has 0 bridgehead atoms. The number of halogens is 1. The van der Waals surface area contributed by atoms with E-state index in [2.05, 4.69) is 24.5 Å². The molecule has 1 aliphatic rings. The zero-order valence-electron chi connectivity index (χ0n) is 12.1. The topological polar surface area (TPSA) is 50.4 Å². The first-order chi connectivity index (χ1) is 9.44. The van der Waals surface area contributed by atoms with Gasteiger partial charge in [-0.05, 0) is 36.9 Å². The zero-order valence-corrected chi connectivity index (χ0v) is 12.1. The maximum absolute atomic E-state index is 13.6. The standard InChI is InChI=1S/C15H21FN2O2/c1-15(2)7-4-8-17-13(15)14(19)18-10-5-6-12(20-3)11(16)9-10/h5-6,9,13,17H,4,7-8H2,1-3H3,(H,18,19). The Bertz CT molecular complexity index is 503. The molecular weight excluding hydrogens is 259 g/mol. The van der Waals surface area contributed by atoms with E-state index in [-0.39, 0.29) is 23.1 Å². The van der Waals surface area contributed by atoms with Gasteiger partial charge in [-0.2, -0.15) is 0 Å². The van der Waals surface area contributed by atoms with Crippen molar-refractivity contribution in [3.8, 4) is 5.75 Å². The van der Waals surface area contributed by atoms with Crippen LogP contribution in [-0.2, 0) is 4.79 Å². The Morgan fingerprint density at radius 2 is 2.25 bits per heavy atom. The highest BCUT2D eigenvalue weighted by molar-refractivity contribution is 5.95. The normalized spacial score (nSPS) is 21.3. The van der Waals surface area contributed by atoms with Crippen molar-refractivity contribution >= 4 is 11.6 Å². The molecule has 5 heteroatoms. The van der Waals surface area contributed by atoms with Gasteiger partial charge in [-0.25, -0.2) is 4.39 Å². The molecular formula is C15H21FN2O2. The maximum Gasteiger partial charge on any atom is 0.242 e. The first kappa shape index (κ1) is 14.8. The summed E-state index contributed by atoms with van der Waals surface area (Å²) in [6.07, 6.45) is 2.06. The van der Waals surface area contributed by atoms with Crippen molar-refractivity contribution in [3.63, 3.8) is 0 Å². The summed E-state index contributed by atoms with van der Waals surface area (Å²) in [5.74, 6) is -0.445. The highest BCUT2D eigenvalue weighted by Crippen LogP contribution is 2.31. The van der Waals surface area contributed by atoms with Crippen LogP contribution in [0.5, 0.6) is 5.75 Å². The Labute approximate surface area is 118 Å². The summed E-state index contributed by atoms with van der Waals surface area (Å²) in [5, 5.41) is 6.00. The lowest BCUT2D eigenvalue weighted by molar-refractivity contribution is -0.121. The first-order valence-electron chi connectivity index (χ1n) is 6.82.